The van der Waals surface area contributed by atoms with Gasteiger partial charge in [0.15, 0.2) is 0 Å². The summed E-state index contributed by atoms with van der Waals surface area (Å²) < 4.78 is 5.42. The number of carbonyl (C=O) groups excluding carboxylic acids is 1. The van der Waals surface area contributed by atoms with Crippen molar-refractivity contribution in [2.75, 3.05) is 0 Å². The molecule has 4 aromatic rings. The molecule has 4 aromatic carbocycles. The van der Waals surface area contributed by atoms with Crippen LogP contribution in [0.25, 0.3) is 5.70 Å². The number of nitrogens with zero attached hydrogens (tertiary/aromatic N) is 1. The number of allylic oxidation sites excluding steroid dienone is 1. The third-order valence-corrected chi connectivity index (χ3v) is 8.59. The van der Waals surface area contributed by atoms with Crippen LogP contribution >= 0.6 is 7.05 Å². The molecule has 0 amide bonds. The van der Waals surface area contributed by atoms with E-state index in [4.69, 9.17) is 4.74 Å². The minimum atomic E-state index is -2.41. The van der Waals surface area contributed by atoms with E-state index in [0.29, 0.717) is 5.70 Å². The fourth-order valence-corrected chi connectivity index (χ4v) is 7.13. The van der Waals surface area contributed by atoms with Crippen LogP contribution in [0.2, 0.25) is 0 Å². The van der Waals surface area contributed by atoms with Crippen LogP contribution in [0, 0.1) is 0 Å². The van der Waals surface area contributed by atoms with Gasteiger partial charge in [-0.05, 0) is 0 Å². The molecule has 0 N–H and O–H groups in total. The number of carbonyl (C=O) groups is 1. The van der Waals surface area contributed by atoms with Crippen molar-refractivity contribution in [2.45, 2.75) is 0 Å². The van der Waals surface area contributed by atoms with Gasteiger partial charge in [0.25, 0.3) is 0 Å². The first kappa shape index (κ1) is 19.8. The summed E-state index contributed by atoms with van der Waals surface area (Å²) in [5, 5.41) is 3.44. The molecule has 0 saturated carbocycles. The molecular weight excluding hydrogens is 385 g/mol. The molecule has 30 heavy (non-hydrogen) atoms. The summed E-state index contributed by atoms with van der Waals surface area (Å²) in [5.41, 5.74) is 1.62. The summed E-state index contributed by atoms with van der Waals surface area (Å²) >= 11 is 0. The van der Waals surface area contributed by atoms with Crippen LogP contribution in [-0.4, -0.2) is 6.29 Å². The van der Waals surface area contributed by atoms with Gasteiger partial charge in [-0.1, -0.05) is 121 Å². The number of benzene rings is 4. The molecule has 0 unspecified atom stereocenters. The smallest absolute Gasteiger partial charge is 0.145 e. The highest BCUT2D eigenvalue weighted by atomic mass is 31.2. The van der Waals surface area contributed by atoms with Crippen LogP contribution in [0.5, 0.6) is 0 Å². The van der Waals surface area contributed by atoms with Crippen molar-refractivity contribution in [1.82, 2.24) is 0 Å². The predicted molar refractivity (Wildman–Crippen MR) is 128 cm³/mol. The maximum absolute atomic E-state index is 11.6. The van der Waals surface area contributed by atoms with Crippen molar-refractivity contribution in [3.8, 4) is 0 Å². The number of hydrogen-bond acceptors (Lipinski definition) is 2. The average Bonchev–Trinajstić information content (AvgIpc) is 2.84. The van der Waals surface area contributed by atoms with Crippen molar-refractivity contribution < 1.29 is 4.79 Å². The normalized spacial score (nSPS) is 11.7. The second kappa shape index (κ2) is 9.35. The summed E-state index contributed by atoms with van der Waals surface area (Å²) in [7, 11) is -2.41. The Hall–Kier alpha value is -3.48. The van der Waals surface area contributed by atoms with Gasteiger partial charge in [0, 0.05) is 27.6 Å². The van der Waals surface area contributed by atoms with Crippen LogP contribution in [0.3, 0.4) is 0 Å². The molecule has 0 aliphatic rings. The molecule has 0 heterocycles. The highest BCUT2D eigenvalue weighted by Gasteiger charge is 2.27. The van der Waals surface area contributed by atoms with E-state index in [1.807, 2.05) is 48.5 Å². The Kier molecular flexibility index (Phi) is 6.17. The van der Waals surface area contributed by atoms with Crippen LogP contribution in [0.1, 0.15) is 5.56 Å². The van der Waals surface area contributed by atoms with Gasteiger partial charge >= 0.3 is 0 Å². The van der Waals surface area contributed by atoms with E-state index < -0.39 is 7.05 Å². The molecule has 0 fully saturated rings. The Balaban J connectivity index is 2.13. The van der Waals surface area contributed by atoms with Crippen molar-refractivity contribution >= 4 is 35.0 Å². The minimum Gasteiger partial charge on any atom is -0.298 e. The summed E-state index contributed by atoms with van der Waals surface area (Å²) in [6.07, 6.45) is 2.39. The molecule has 0 atom stereocenters. The summed E-state index contributed by atoms with van der Waals surface area (Å²) in [6.45, 7) is 0. The van der Waals surface area contributed by atoms with Crippen molar-refractivity contribution in [2.24, 2.45) is 4.74 Å². The zero-order valence-electron chi connectivity index (χ0n) is 16.5. The summed E-state index contributed by atoms with van der Waals surface area (Å²) in [5.74, 6) is 0. The number of rotatable bonds is 6. The van der Waals surface area contributed by atoms with E-state index in [-0.39, 0.29) is 0 Å². The average molecular weight is 407 g/mol. The number of aldehydes is 1. The molecular formula is C27H22NOP. The predicted octanol–water partition coefficient (Wildman–Crippen LogP) is 5.40. The van der Waals surface area contributed by atoms with Gasteiger partial charge in [0.05, 0.1) is 12.8 Å². The molecule has 2 nitrogen and oxygen atoms in total. The summed E-state index contributed by atoms with van der Waals surface area (Å²) in [4.78, 5) is 11.6. The Morgan fingerprint density at radius 1 is 0.567 bits per heavy atom. The van der Waals surface area contributed by atoms with Gasteiger partial charge < -0.3 is 0 Å². The molecule has 0 spiro atoms. The SMILES string of the molecule is O=C/C=C(/N=P(c1ccccc1)(c1ccccc1)c1ccccc1)c1ccccc1. The maximum Gasteiger partial charge on any atom is 0.145 e. The van der Waals surface area contributed by atoms with Gasteiger partial charge in [-0.25, -0.2) is 0 Å². The van der Waals surface area contributed by atoms with Crippen molar-refractivity contribution in [1.29, 1.82) is 0 Å². The molecule has 146 valence electrons. The molecule has 0 radical (unpaired) electrons. The second-order valence-corrected chi connectivity index (χ2v) is 9.82. The highest BCUT2D eigenvalue weighted by Crippen LogP contribution is 2.48. The van der Waals surface area contributed by atoms with E-state index in [0.717, 1.165) is 27.8 Å². The standard InChI is InChI=1S/C27H22NOP/c29-22-21-27(23-13-5-1-6-14-23)28-30(24-15-7-2-8-16-24,25-17-9-3-10-18-25)26-19-11-4-12-20-26/h1-22H/b27-21+. The van der Waals surface area contributed by atoms with E-state index >= 15 is 0 Å². The number of hydrogen-bond donors (Lipinski definition) is 0. The van der Waals surface area contributed by atoms with Crippen molar-refractivity contribution in [3.05, 3.63) is 133 Å². The second-order valence-electron chi connectivity index (χ2n) is 6.80. The zero-order valence-corrected chi connectivity index (χ0v) is 17.4. The van der Waals surface area contributed by atoms with Gasteiger partial charge in [0.1, 0.15) is 6.29 Å². The van der Waals surface area contributed by atoms with E-state index in [2.05, 4.69) is 72.8 Å². The summed E-state index contributed by atoms with van der Waals surface area (Å²) in [6, 6.07) is 41.1. The third kappa shape index (κ3) is 3.96. The van der Waals surface area contributed by atoms with E-state index in [9.17, 15) is 4.79 Å². The minimum absolute atomic E-state index is 0.690. The van der Waals surface area contributed by atoms with Crippen LogP contribution in [0.15, 0.2) is 132 Å². The molecule has 0 aliphatic carbocycles. The largest absolute Gasteiger partial charge is 0.298 e. The van der Waals surface area contributed by atoms with Crippen LogP contribution in [0.4, 0.5) is 0 Å². The zero-order chi connectivity index (χ0) is 20.7. The first-order valence-corrected chi connectivity index (χ1v) is 11.6. The van der Waals surface area contributed by atoms with Gasteiger partial charge in [0.2, 0.25) is 0 Å². The third-order valence-electron chi connectivity index (χ3n) is 4.94. The van der Waals surface area contributed by atoms with Crippen LogP contribution < -0.4 is 15.9 Å². The fraction of sp³-hybridized carbons (Fsp3) is 0. The highest BCUT2D eigenvalue weighted by molar-refractivity contribution is 7.87. The lowest BCUT2D eigenvalue weighted by Gasteiger charge is -2.27. The van der Waals surface area contributed by atoms with Gasteiger partial charge in [-0.2, -0.15) is 0 Å². The van der Waals surface area contributed by atoms with Gasteiger partial charge in [-0.15, -0.1) is 0 Å². The maximum atomic E-state index is 11.6. The Labute approximate surface area is 177 Å². The Morgan fingerprint density at radius 2 is 0.933 bits per heavy atom. The molecule has 0 aromatic heterocycles. The lowest BCUT2D eigenvalue weighted by atomic mass is 10.1. The molecule has 0 aliphatic heterocycles. The van der Waals surface area contributed by atoms with E-state index in [1.54, 1.807) is 6.08 Å². The van der Waals surface area contributed by atoms with Crippen LogP contribution in [-0.2, 0) is 4.79 Å². The first-order chi connectivity index (χ1) is 14.8. The Morgan fingerprint density at radius 3 is 1.30 bits per heavy atom. The molecule has 4 rings (SSSR count). The van der Waals surface area contributed by atoms with Gasteiger partial charge in [-0.3, -0.25) is 9.54 Å². The lowest BCUT2D eigenvalue weighted by molar-refractivity contribution is -0.104. The lowest BCUT2D eigenvalue weighted by Crippen LogP contribution is -2.25. The molecule has 3 heteroatoms. The fourth-order valence-electron chi connectivity index (χ4n) is 3.57. The molecule has 0 saturated heterocycles. The quantitative estimate of drug-likeness (QED) is 0.239. The molecule has 0 bridgehead atoms. The Bertz CT molecular complexity index is 1080. The monoisotopic (exact) mass is 407 g/mol. The van der Waals surface area contributed by atoms with Crippen molar-refractivity contribution in [3.63, 3.8) is 0 Å². The van der Waals surface area contributed by atoms with E-state index in [1.165, 1.54) is 0 Å². The topological polar surface area (TPSA) is 29.4 Å². The first-order valence-electron chi connectivity index (χ1n) is 9.84.